The first kappa shape index (κ1) is 23.5. The van der Waals surface area contributed by atoms with Gasteiger partial charge in [-0.05, 0) is 80.8 Å². The molecule has 0 unspecified atom stereocenters. The van der Waals surface area contributed by atoms with E-state index >= 15 is 0 Å². The molecule has 0 saturated heterocycles. The quantitative estimate of drug-likeness (QED) is 0.345. The van der Waals surface area contributed by atoms with Crippen molar-refractivity contribution < 1.29 is 13.5 Å². The molecule has 0 amide bonds. The van der Waals surface area contributed by atoms with Crippen LogP contribution in [0.15, 0.2) is 12.1 Å². The normalized spacial score (nSPS) is 27.2. The van der Waals surface area contributed by atoms with Crippen LogP contribution in [0.5, 0.6) is 5.75 Å². The first-order valence-electron chi connectivity index (χ1n) is 12.7. The van der Waals surface area contributed by atoms with Crippen LogP contribution in [0, 0.1) is 35.3 Å². The second-order valence-corrected chi connectivity index (χ2v) is 9.88. The molecule has 0 heterocycles. The lowest BCUT2D eigenvalue weighted by atomic mass is 9.68. The van der Waals surface area contributed by atoms with Crippen LogP contribution in [-0.4, -0.2) is 6.61 Å². The lowest BCUT2D eigenvalue weighted by Crippen LogP contribution is -2.25. The zero-order chi connectivity index (χ0) is 21.3. The monoisotopic (exact) mass is 420 g/mol. The average molecular weight is 421 g/mol. The summed E-state index contributed by atoms with van der Waals surface area (Å²) in [6.07, 6.45) is 18.2. The standard InChI is InChI=1S/C27H42F2O/c1-3-7-20-10-14-22(15-11-20)23-16-12-21(13-17-23)8-5-6-9-24-18-19-25(30-4-2)27(29)26(24)28/h18-23H,3-17H2,1-2H3. The Morgan fingerprint density at radius 1 is 0.767 bits per heavy atom. The summed E-state index contributed by atoms with van der Waals surface area (Å²) in [6.45, 7) is 4.44. The van der Waals surface area contributed by atoms with Gasteiger partial charge in [0.1, 0.15) is 0 Å². The molecule has 0 bridgehead atoms. The third-order valence-electron chi connectivity index (χ3n) is 7.88. The number of ether oxygens (including phenoxy) is 1. The number of aryl methyl sites for hydroxylation is 1. The molecule has 30 heavy (non-hydrogen) atoms. The molecular weight excluding hydrogens is 378 g/mol. The van der Waals surface area contributed by atoms with Gasteiger partial charge in [0.15, 0.2) is 11.6 Å². The molecule has 2 saturated carbocycles. The van der Waals surface area contributed by atoms with E-state index in [1.165, 1.54) is 70.6 Å². The van der Waals surface area contributed by atoms with Crippen LogP contribution in [0.25, 0.3) is 0 Å². The Kier molecular flexibility index (Phi) is 9.46. The second-order valence-electron chi connectivity index (χ2n) is 9.88. The van der Waals surface area contributed by atoms with E-state index in [1.807, 2.05) is 0 Å². The summed E-state index contributed by atoms with van der Waals surface area (Å²) in [5, 5.41) is 0. The number of hydrogen-bond donors (Lipinski definition) is 0. The van der Waals surface area contributed by atoms with Crippen molar-refractivity contribution >= 4 is 0 Å². The van der Waals surface area contributed by atoms with Gasteiger partial charge < -0.3 is 4.74 Å². The third kappa shape index (κ3) is 6.44. The third-order valence-corrected chi connectivity index (χ3v) is 7.88. The van der Waals surface area contributed by atoms with E-state index in [1.54, 1.807) is 19.1 Å². The van der Waals surface area contributed by atoms with Gasteiger partial charge in [0.05, 0.1) is 6.61 Å². The molecule has 0 aromatic heterocycles. The molecule has 1 aromatic carbocycles. The summed E-state index contributed by atoms with van der Waals surface area (Å²) >= 11 is 0. The van der Waals surface area contributed by atoms with Crippen LogP contribution in [0.1, 0.15) is 103 Å². The number of halogens is 2. The smallest absolute Gasteiger partial charge is 0.200 e. The first-order chi connectivity index (χ1) is 14.6. The van der Waals surface area contributed by atoms with Crippen molar-refractivity contribution in [3.05, 3.63) is 29.3 Å². The predicted octanol–water partition coefficient (Wildman–Crippen LogP) is 8.49. The fraction of sp³-hybridized carbons (Fsp3) is 0.778. The number of benzene rings is 1. The molecule has 2 aliphatic carbocycles. The van der Waals surface area contributed by atoms with Crippen LogP contribution < -0.4 is 4.74 Å². The predicted molar refractivity (Wildman–Crippen MR) is 121 cm³/mol. The molecule has 0 radical (unpaired) electrons. The van der Waals surface area contributed by atoms with Crippen molar-refractivity contribution in [2.45, 2.75) is 104 Å². The number of unbranched alkanes of at least 4 members (excludes halogenated alkanes) is 1. The summed E-state index contributed by atoms with van der Waals surface area (Å²) in [7, 11) is 0. The summed E-state index contributed by atoms with van der Waals surface area (Å²) in [5.41, 5.74) is 0.485. The van der Waals surface area contributed by atoms with Gasteiger partial charge in [0.25, 0.3) is 0 Å². The van der Waals surface area contributed by atoms with Crippen LogP contribution >= 0.6 is 0 Å². The number of rotatable bonds is 10. The lowest BCUT2D eigenvalue weighted by molar-refractivity contribution is 0.140. The molecule has 1 aromatic rings. The van der Waals surface area contributed by atoms with E-state index in [2.05, 4.69) is 6.92 Å². The van der Waals surface area contributed by atoms with Crippen LogP contribution in [0.4, 0.5) is 8.78 Å². The van der Waals surface area contributed by atoms with E-state index in [0.717, 1.165) is 36.5 Å². The highest BCUT2D eigenvalue weighted by Crippen LogP contribution is 2.43. The summed E-state index contributed by atoms with van der Waals surface area (Å²) in [4.78, 5) is 0. The topological polar surface area (TPSA) is 9.23 Å². The maximum atomic E-state index is 14.2. The molecule has 0 spiro atoms. The van der Waals surface area contributed by atoms with Crippen molar-refractivity contribution in [1.29, 1.82) is 0 Å². The van der Waals surface area contributed by atoms with Gasteiger partial charge in [-0.1, -0.05) is 64.4 Å². The first-order valence-corrected chi connectivity index (χ1v) is 12.7. The SMILES string of the molecule is CCCC1CCC(C2CCC(CCCCc3ccc(OCC)c(F)c3F)CC2)CC1. The van der Waals surface area contributed by atoms with E-state index in [9.17, 15) is 8.78 Å². The summed E-state index contributed by atoms with van der Waals surface area (Å²) in [5.74, 6) is 2.29. The van der Waals surface area contributed by atoms with Gasteiger partial charge in [-0.3, -0.25) is 0 Å². The fourth-order valence-electron chi connectivity index (χ4n) is 6.09. The van der Waals surface area contributed by atoms with Gasteiger partial charge >= 0.3 is 0 Å². The summed E-state index contributed by atoms with van der Waals surface area (Å²) in [6, 6.07) is 3.25. The molecular formula is C27H42F2O. The molecule has 2 fully saturated rings. The van der Waals surface area contributed by atoms with Gasteiger partial charge in [-0.2, -0.15) is 4.39 Å². The minimum atomic E-state index is -0.837. The largest absolute Gasteiger partial charge is 0.491 e. The van der Waals surface area contributed by atoms with E-state index < -0.39 is 11.6 Å². The Morgan fingerprint density at radius 3 is 1.93 bits per heavy atom. The summed E-state index contributed by atoms with van der Waals surface area (Å²) < 4.78 is 33.3. The van der Waals surface area contributed by atoms with Gasteiger partial charge in [0.2, 0.25) is 5.82 Å². The zero-order valence-electron chi connectivity index (χ0n) is 19.2. The Labute approximate surface area is 183 Å². The maximum Gasteiger partial charge on any atom is 0.200 e. The Bertz CT molecular complexity index is 628. The highest BCUT2D eigenvalue weighted by atomic mass is 19.2. The zero-order valence-corrected chi connectivity index (χ0v) is 19.2. The van der Waals surface area contributed by atoms with Crippen molar-refractivity contribution in [3.8, 4) is 5.75 Å². The highest BCUT2D eigenvalue weighted by molar-refractivity contribution is 5.31. The van der Waals surface area contributed by atoms with Crippen LogP contribution in [-0.2, 0) is 6.42 Å². The average Bonchev–Trinajstić information content (AvgIpc) is 2.77. The van der Waals surface area contributed by atoms with Crippen molar-refractivity contribution in [2.75, 3.05) is 6.61 Å². The van der Waals surface area contributed by atoms with Crippen molar-refractivity contribution in [1.82, 2.24) is 0 Å². The minimum absolute atomic E-state index is 0.0226. The molecule has 170 valence electrons. The van der Waals surface area contributed by atoms with Crippen molar-refractivity contribution in [3.63, 3.8) is 0 Å². The molecule has 3 heteroatoms. The lowest BCUT2D eigenvalue weighted by Gasteiger charge is -2.38. The minimum Gasteiger partial charge on any atom is -0.491 e. The molecule has 3 rings (SSSR count). The Hall–Kier alpha value is -1.12. The number of hydrogen-bond acceptors (Lipinski definition) is 1. The van der Waals surface area contributed by atoms with Crippen LogP contribution in [0.3, 0.4) is 0 Å². The molecule has 0 atom stereocenters. The van der Waals surface area contributed by atoms with Crippen molar-refractivity contribution in [2.24, 2.45) is 23.7 Å². The fourth-order valence-corrected chi connectivity index (χ4v) is 6.09. The molecule has 2 aliphatic rings. The molecule has 1 nitrogen and oxygen atoms in total. The van der Waals surface area contributed by atoms with E-state index in [4.69, 9.17) is 4.74 Å². The Morgan fingerprint density at radius 2 is 1.37 bits per heavy atom. The second kappa shape index (κ2) is 12.1. The maximum absolute atomic E-state index is 14.2. The van der Waals surface area contributed by atoms with Gasteiger partial charge in [-0.15, -0.1) is 0 Å². The van der Waals surface area contributed by atoms with E-state index in [-0.39, 0.29) is 5.75 Å². The molecule has 0 N–H and O–H groups in total. The highest BCUT2D eigenvalue weighted by Gasteiger charge is 2.30. The molecule has 0 aliphatic heterocycles. The Balaban J connectivity index is 1.32. The van der Waals surface area contributed by atoms with E-state index in [0.29, 0.717) is 18.6 Å². The van der Waals surface area contributed by atoms with Crippen LogP contribution in [0.2, 0.25) is 0 Å². The van der Waals surface area contributed by atoms with Gasteiger partial charge in [-0.25, -0.2) is 4.39 Å². The van der Waals surface area contributed by atoms with Gasteiger partial charge in [0, 0.05) is 0 Å².